The van der Waals surface area contributed by atoms with Crippen LogP contribution in [0.15, 0.2) is 16.6 Å². The zero-order valence-corrected chi connectivity index (χ0v) is 14.6. The van der Waals surface area contributed by atoms with Gasteiger partial charge in [-0.3, -0.25) is 0 Å². The molecule has 112 valence electrons. The molecule has 0 saturated heterocycles. The Morgan fingerprint density at radius 3 is 2.55 bits per heavy atom. The molecule has 0 aliphatic heterocycles. The molecule has 0 aromatic heterocycles. The number of rotatable bonds is 7. The van der Waals surface area contributed by atoms with Crippen LogP contribution >= 0.6 is 28.1 Å². The van der Waals surface area contributed by atoms with E-state index in [2.05, 4.69) is 42.0 Å². The summed E-state index contributed by atoms with van der Waals surface area (Å²) < 4.78 is 14.5. The number of anilines is 1. The lowest BCUT2D eigenvalue weighted by molar-refractivity contribution is 0.519. The van der Waals surface area contributed by atoms with Crippen molar-refractivity contribution in [3.05, 3.63) is 28.0 Å². The predicted octanol–water partition coefficient (Wildman–Crippen LogP) is 4.85. The van der Waals surface area contributed by atoms with Gasteiger partial charge in [0.1, 0.15) is 4.99 Å². The molecular formula is C15H22BrFN2S. The minimum atomic E-state index is -0.342. The van der Waals surface area contributed by atoms with E-state index in [1.807, 2.05) is 0 Å². The Bertz CT molecular complexity index is 477. The van der Waals surface area contributed by atoms with Crippen molar-refractivity contribution in [2.45, 2.75) is 46.1 Å². The van der Waals surface area contributed by atoms with Crippen LogP contribution < -0.4 is 11.1 Å². The highest BCUT2D eigenvalue weighted by molar-refractivity contribution is 9.10. The van der Waals surface area contributed by atoms with E-state index >= 15 is 0 Å². The van der Waals surface area contributed by atoms with Crippen molar-refractivity contribution < 1.29 is 4.39 Å². The van der Waals surface area contributed by atoms with Gasteiger partial charge in [0.25, 0.3) is 0 Å². The lowest BCUT2D eigenvalue weighted by Gasteiger charge is -2.17. The van der Waals surface area contributed by atoms with Crippen molar-refractivity contribution in [1.82, 2.24) is 0 Å². The van der Waals surface area contributed by atoms with Crippen LogP contribution in [-0.2, 0) is 0 Å². The highest BCUT2D eigenvalue weighted by atomic mass is 79.9. The molecule has 0 fully saturated rings. The molecule has 3 N–H and O–H groups in total. The van der Waals surface area contributed by atoms with Crippen LogP contribution in [-0.4, -0.2) is 11.0 Å². The molecule has 0 aliphatic rings. The fourth-order valence-corrected chi connectivity index (χ4v) is 2.88. The Labute approximate surface area is 134 Å². The molecule has 5 heteroatoms. The molecule has 2 nitrogen and oxygen atoms in total. The first-order chi connectivity index (χ1) is 9.32. The van der Waals surface area contributed by atoms with E-state index in [1.165, 1.54) is 6.42 Å². The Morgan fingerprint density at radius 1 is 1.35 bits per heavy atom. The van der Waals surface area contributed by atoms with Crippen LogP contribution in [0.3, 0.4) is 0 Å². The molecule has 20 heavy (non-hydrogen) atoms. The summed E-state index contributed by atoms with van der Waals surface area (Å²) in [4.78, 5) is 0.187. The van der Waals surface area contributed by atoms with Crippen molar-refractivity contribution in [2.24, 2.45) is 11.7 Å². The summed E-state index contributed by atoms with van der Waals surface area (Å²) in [6, 6.07) is 3.65. The van der Waals surface area contributed by atoms with E-state index in [9.17, 15) is 4.39 Å². The minimum absolute atomic E-state index is 0.187. The summed E-state index contributed by atoms with van der Waals surface area (Å²) in [5, 5.41) is 3.20. The molecule has 0 radical (unpaired) electrons. The number of nitrogens with two attached hydrogens (primary N) is 1. The first kappa shape index (κ1) is 17.4. The van der Waals surface area contributed by atoms with Gasteiger partial charge in [-0.25, -0.2) is 4.39 Å². The maximum atomic E-state index is 14.2. The average Bonchev–Trinajstić information content (AvgIpc) is 2.34. The van der Waals surface area contributed by atoms with Crippen LogP contribution in [0.2, 0.25) is 0 Å². The van der Waals surface area contributed by atoms with Crippen molar-refractivity contribution in [2.75, 3.05) is 5.32 Å². The standard InChI is InChI=1S/C15H22BrFN2S/c1-9(2)5-4-6-10(3)19-12-8-7-11(15(18)20)13(16)14(12)17/h7-10,19H,4-6H2,1-3H3,(H2,18,20). The third-order valence-electron chi connectivity index (χ3n) is 3.17. The number of hydrogen-bond acceptors (Lipinski definition) is 2. The van der Waals surface area contributed by atoms with Crippen LogP contribution in [0.4, 0.5) is 10.1 Å². The molecule has 1 unspecified atom stereocenters. The first-order valence-corrected chi connectivity index (χ1v) is 8.07. The van der Waals surface area contributed by atoms with Gasteiger partial charge in [0.05, 0.1) is 10.2 Å². The molecule has 0 bridgehead atoms. The average molecular weight is 361 g/mol. The molecule has 1 atom stereocenters. The normalized spacial score (nSPS) is 12.5. The Balaban J connectivity index is 2.69. The zero-order chi connectivity index (χ0) is 15.3. The maximum absolute atomic E-state index is 14.2. The lowest BCUT2D eigenvalue weighted by Crippen LogP contribution is -2.17. The molecule has 0 heterocycles. The van der Waals surface area contributed by atoms with Crippen LogP contribution in [0, 0.1) is 11.7 Å². The van der Waals surface area contributed by atoms with E-state index in [0.717, 1.165) is 12.8 Å². The number of nitrogens with one attached hydrogen (secondary N) is 1. The summed E-state index contributed by atoms with van der Waals surface area (Å²) >= 11 is 8.09. The fraction of sp³-hybridized carbons (Fsp3) is 0.533. The number of halogens is 2. The highest BCUT2D eigenvalue weighted by Gasteiger charge is 2.14. The molecule has 1 rings (SSSR count). The van der Waals surface area contributed by atoms with Gasteiger partial charge in [-0.2, -0.15) is 0 Å². The third kappa shape index (κ3) is 5.02. The van der Waals surface area contributed by atoms with Crippen LogP contribution in [0.5, 0.6) is 0 Å². The van der Waals surface area contributed by atoms with E-state index in [4.69, 9.17) is 18.0 Å². The number of hydrogen-bond donors (Lipinski definition) is 2. The van der Waals surface area contributed by atoms with Crippen molar-refractivity contribution in [1.29, 1.82) is 0 Å². The summed E-state index contributed by atoms with van der Waals surface area (Å²) in [5.74, 6) is 0.365. The van der Waals surface area contributed by atoms with Gasteiger partial charge >= 0.3 is 0 Å². The van der Waals surface area contributed by atoms with Gasteiger partial charge in [-0.1, -0.05) is 38.9 Å². The van der Waals surface area contributed by atoms with Crippen LogP contribution in [0.1, 0.15) is 45.6 Å². The second-order valence-corrected chi connectivity index (χ2v) is 6.76. The lowest BCUT2D eigenvalue weighted by atomic mass is 10.0. The molecule has 0 amide bonds. The summed E-state index contributed by atoms with van der Waals surface area (Å²) in [7, 11) is 0. The molecule has 0 spiro atoms. The van der Waals surface area contributed by atoms with Gasteiger partial charge in [0.2, 0.25) is 0 Å². The SMILES string of the molecule is CC(C)CCCC(C)Nc1ccc(C(N)=S)c(Br)c1F. The highest BCUT2D eigenvalue weighted by Crippen LogP contribution is 2.28. The Kier molecular flexibility index (Phi) is 6.89. The van der Waals surface area contributed by atoms with Gasteiger partial charge in [0, 0.05) is 11.6 Å². The summed E-state index contributed by atoms with van der Waals surface area (Å²) in [5.41, 5.74) is 6.55. The van der Waals surface area contributed by atoms with Gasteiger partial charge in [0.15, 0.2) is 5.82 Å². The number of benzene rings is 1. The largest absolute Gasteiger partial charge is 0.389 e. The summed E-state index contributed by atoms with van der Waals surface area (Å²) in [6.45, 7) is 6.49. The van der Waals surface area contributed by atoms with E-state index < -0.39 is 0 Å². The molecular weight excluding hydrogens is 339 g/mol. The number of thiocarbonyl (C=S) groups is 1. The monoisotopic (exact) mass is 360 g/mol. The summed E-state index contributed by atoms with van der Waals surface area (Å²) in [6.07, 6.45) is 3.35. The molecule has 1 aromatic carbocycles. The smallest absolute Gasteiger partial charge is 0.161 e. The van der Waals surface area contributed by atoms with E-state index in [-0.39, 0.29) is 16.8 Å². The van der Waals surface area contributed by atoms with Crippen molar-refractivity contribution >= 4 is 38.8 Å². The quantitative estimate of drug-likeness (QED) is 0.682. The molecule has 0 saturated carbocycles. The second-order valence-electron chi connectivity index (χ2n) is 5.52. The van der Waals surface area contributed by atoms with E-state index in [1.54, 1.807) is 12.1 Å². The van der Waals surface area contributed by atoms with Gasteiger partial charge < -0.3 is 11.1 Å². The first-order valence-electron chi connectivity index (χ1n) is 6.87. The predicted molar refractivity (Wildman–Crippen MR) is 91.8 cm³/mol. The Hall–Kier alpha value is -0.680. The molecule has 0 aliphatic carbocycles. The third-order valence-corrected chi connectivity index (χ3v) is 4.16. The molecule has 1 aromatic rings. The fourth-order valence-electron chi connectivity index (χ4n) is 2.02. The Morgan fingerprint density at radius 2 is 2.00 bits per heavy atom. The van der Waals surface area contributed by atoms with E-state index in [0.29, 0.717) is 21.6 Å². The van der Waals surface area contributed by atoms with Crippen LogP contribution in [0.25, 0.3) is 0 Å². The van der Waals surface area contributed by atoms with Gasteiger partial charge in [-0.05, 0) is 47.3 Å². The van der Waals surface area contributed by atoms with Crippen molar-refractivity contribution in [3.63, 3.8) is 0 Å². The van der Waals surface area contributed by atoms with Crippen molar-refractivity contribution in [3.8, 4) is 0 Å². The van der Waals surface area contributed by atoms with Gasteiger partial charge in [-0.15, -0.1) is 0 Å². The minimum Gasteiger partial charge on any atom is -0.389 e. The topological polar surface area (TPSA) is 38.0 Å². The zero-order valence-electron chi connectivity index (χ0n) is 12.2. The second kappa shape index (κ2) is 7.93. The maximum Gasteiger partial charge on any atom is 0.161 e.